The molecule has 1 aliphatic heterocycles. The van der Waals surface area contributed by atoms with Gasteiger partial charge >= 0.3 is 5.69 Å². The van der Waals surface area contributed by atoms with Crippen molar-refractivity contribution in [3.05, 3.63) is 26.4 Å². The van der Waals surface area contributed by atoms with Gasteiger partial charge in [-0.2, -0.15) is 0 Å². The fourth-order valence-corrected chi connectivity index (χ4v) is 1.26. The number of hydrogen-bond donors (Lipinski definition) is 1. The number of hydrogen-bond acceptors (Lipinski definition) is 4. The molecule has 1 aliphatic rings. The molecule has 6 heteroatoms. The summed E-state index contributed by atoms with van der Waals surface area (Å²) in [7, 11) is 0. The van der Waals surface area contributed by atoms with Crippen molar-refractivity contribution in [2.24, 2.45) is 0 Å². The number of carbonyl (C=O) groups is 1. The standard InChI is InChI=1S/C7H6N2O4/c10-3-4-5(11)8-7(12)9-1-2-13-6(4)9/h3H,1-2H2,(H,8,11,12). The second-order valence-corrected chi connectivity index (χ2v) is 2.60. The minimum atomic E-state index is -0.701. The van der Waals surface area contributed by atoms with Gasteiger partial charge in [-0.05, 0) is 0 Å². The number of rotatable bonds is 1. The van der Waals surface area contributed by atoms with Gasteiger partial charge in [-0.1, -0.05) is 0 Å². The summed E-state index contributed by atoms with van der Waals surface area (Å²) >= 11 is 0. The molecule has 1 aromatic rings. The summed E-state index contributed by atoms with van der Waals surface area (Å²) in [6.07, 6.45) is 0.384. The van der Waals surface area contributed by atoms with Crippen LogP contribution >= 0.6 is 0 Å². The van der Waals surface area contributed by atoms with E-state index in [1.54, 1.807) is 0 Å². The highest BCUT2D eigenvalue weighted by Crippen LogP contribution is 2.14. The summed E-state index contributed by atoms with van der Waals surface area (Å²) in [5.74, 6) is 0.0729. The molecule has 0 amide bonds. The largest absolute Gasteiger partial charge is 0.476 e. The molecule has 68 valence electrons. The molecule has 0 fully saturated rings. The van der Waals surface area contributed by atoms with Gasteiger partial charge in [-0.3, -0.25) is 19.1 Å². The van der Waals surface area contributed by atoms with E-state index < -0.39 is 11.2 Å². The Kier molecular flexibility index (Phi) is 1.54. The molecule has 2 heterocycles. The van der Waals surface area contributed by atoms with E-state index in [1.807, 2.05) is 4.98 Å². The number of ether oxygens (including phenoxy) is 1. The van der Waals surface area contributed by atoms with Crippen molar-refractivity contribution in [1.29, 1.82) is 0 Å². The van der Waals surface area contributed by atoms with Crippen molar-refractivity contribution >= 4 is 6.29 Å². The van der Waals surface area contributed by atoms with Crippen molar-refractivity contribution in [3.8, 4) is 5.88 Å². The Hall–Kier alpha value is -1.85. The Balaban J connectivity index is 2.87. The average molecular weight is 182 g/mol. The van der Waals surface area contributed by atoms with Crippen molar-refractivity contribution in [2.75, 3.05) is 6.61 Å². The first-order valence-electron chi connectivity index (χ1n) is 3.69. The summed E-state index contributed by atoms with van der Waals surface area (Å²) in [6.45, 7) is 0.680. The average Bonchev–Trinajstić information content (AvgIpc) is 2.53. The summed E-state index contributed by atoms with van der Waals surface area (Å²) < 4.78 is 6.22. The zero-order chi connectivity index (χ0) is 9.42. The molecule has 6 nitrogen and oxygen atoms in total. The van der Waals surface area contributed by atoms with Gasteiger partial charge < -0.3 is 4.74 Å². The van der Waals surface area contributed by atoms with Crippen LogP contribution in [0.1, 0.15) is 10.4 Å². The predicted molar refractivity (Wildman–Crippen MR) is 42.2 cm³/mol. The minimum Gasteiger partial charge on any atom is -0.476 e. The summed E-state index contributed by atoms with van der Waals surface area (Å²) in [5, 5.41) is 0. The molecular formula is C7H6N2O4. The van der Waals surface area contributed by atoms with Crippen LogP contribution in [0.5, 0.6) is 5.88 Å². The molecular weight excluding hydrogens is 176 g/mol. The lowest BCUT2D eigenvalue weighted by atomic mass is 10.3. The number of aromatic amines is 1. The lowest BCUT2D eigenvalue weighted by molar-refractivity contribution is 0.111. The van der Waals surface area contributed by atoms with Crippen molar-refractivity contribution in [3.63, 3.8) is 0 Å². The van der Waals surface area contributed by atoms with Crippen molar-refractivity contribution in [1.82, 2.24) is 9.55 Å². The summed E-state index contributed by atoms with van der Waals surface area (Å²) in [6, 6.07) is 0. The Morgan fingerprint density at radius 3 is 2.92 bits per heavy atom. The van der Waals surface area contributed by atoms with Gasteiger partial charge in [-0.15, -0.1) is 0 Å². The monoisotopic (exact) mass is 182 g/mol. The zero-order valence-electron chi connectivity index (χ0n) is 6.57. The SMILES string of the molecule is O=Cc1c2n(c(=O)[nH]c1=O)CCO2. The quantitative estimate of drug-likeness (QED) is 0.550. The molecule has 0 saturated heterocycles. The Morgan fingerprint density at radius 2 is 2.23 bits per heavy atom. The van der Waals surface area contributed by atoms with E-state index in [1.165, 1.54) is 4.57 Å². The van der Waals surface area contributed by atoms with Gasteiger partial charge in [0.05, 0.1) is 6.54 Å². The lowest BCUT2D eigenvalue weighted by Gasteiger charge is -2.00. The van der Waals surface area contributed by atoms with Gasteiger partial charge in [0.25, 0.3) is 5.56 Å². The molecule has 1 aromatic heterocycles. The van der Waals surface area contributed by atoms with E-state index in [-0.39, 0.29) is 11.4 Å². The molecule has 0 aliphatic carbocycles. The van der Waals surface area contributed by atoms with E-state index in [0.29, 0.717) is 19.4 Å². The van der Waals surface area contributed by atoms with E-state index in [4.69, 9.17) is 4.74 Å². The van der Waals surface area contributed by atoms with Crippen LogP contribution in [0.3, 0.4) is 0 Å². The third-order valence-electron chi connectivity index (χ3n) is 1.86. The van der Waals surface area contributed by atoms with Crippen LogP contribution in [0, 0.1) is 0 Å². The van der Waals surface area contributed by atoms with E-state index >= 15 is 0 Å². The van der Waals surface area contributed by atoms with Crippen LogP contribution in [0.4, 0.5) is 0 Å². The number of aldehydes is 1. The van der Waals surface area contributed by atoms with Crippen LogP contribution < -0.4 is 16.0 Å². The first-order valence-corrected chi connectivity index (χ1v) is 3.69. The second-order valence-electron chi connectivity index (χ2n) is 2.60. The fourth-order valence-electron chi connectivity index (χ4n) is 1.26. The molecule has 2 rings (SSSR count). The van der Waals surface area contributed by atoms with E-state index in [2.05, 4.69) is 0 Å². The van der Waals surface area contributed by atoms with Gasteiger partial charge in [-0.25, -0.2) is 4.79 Å². The van der Waals surface area contributed by atoms with Gasteiger partial charge in [0.15, 0.2) is 6.29 Å². The Labute approximate surface area is 71.8 Å². The van der Waals surface area contributed by atoms with E-state index in [0.717, 1.165) is 0 Å². The molecule has 1 N–H and O–H groups in total. The number of nitrogens with one attached hydrogen (secondary N) is 1. The molecule has 0 aromatic carbocycles. The van der Waals surface area contributed by atoms with Crippen LogP contribution in [0.15, 0.2) is 9.59 Å². The first-order chi connectivity index (χ1) is 6.24. The molecule has 0 radical (unpaired) electrons. The smallest absolute Gasteiger partial charge is 0.331 e. The number of fused-ring (bicyclic) bond motifs is 1. The fraction of sp³-hybridized carbons (Fsp3) is 0.286. The maximum Gasteiger partial charge on any atom is 0.331 e. The number of carbonyl (C=O) groups excluding carboxylic acids is 1. The lowest BCUT2D eigenvalue weighted by Crippen LogP contribution is -2.30. The maximum atomic E-state index is 11.1. The summed E-state index contributed by atoms with van der Waals surface area (Å²) in [5.41, 5.74) is -1.37. The molecule has 0 unspecified atom stereocenters. The number of aromatic nitrogens is 2. The van der Waals surface area contributed by atoms with E-state index in [9.17, 15) is 14.4 Å². The molecule has 0 saturated carbocycles. The van der Waals surface area contributed by atoms with Crippen LogP contribution in [0.2, 0.25) is 0 Å². The van der Waals surface area contributed by atoms with Gasteiger partial charge in [0.2, 0.25) is 5.88 Å². The maximum absolute atomic E-state index is 11.1. The van der Waals surface area contributed by atoms with Crippen molar-refractivity contribution < 1.29 is 9.53 Å². The first kappa shape index (κ1) is 7.78. The Bertz CT molecular complexity index is 470. The highest BCUT2D eigenvalue weighted by atomic mass is 16.5. The topological polar surface area (TPSA) is 81.2 Å². The third-order valence-corrected chi connectivity index (χ3v) is 1.86. The zero-order valence-corrected chi connectivity index (χ0v) is 6.57. The Morgan fingerprint density at radius 1 is 1.46 bits per heavy atom. The normalized spacial score (nSPS) is 13.5. The summed E-state index contributed by atoms with van der Waals surface area (Å²) in [4.78, 5) is 34.7. The second kappa shape index (κ2) is 2.58. The van der Waals surface area contributed by atoms with Gasteiger partial charge in [0.1, 0.15) is 12.2 Å². The van der Waals surface area contributed by atoms with Crippen LogP contribution in [-0.4, -0.2) is 22.4 Å². The van der Waals surface area contributed by atoms with Crippen LogP contribution in [-0.2, 0) is 6.54 Å². The van der Waals surface area contributed by atoms with Gasteiger partial charge in [0, 0.05) is 0 Å². The highest BCUT2D eigenvalue weighted by Gasteiger charge is 2.20. The number of H-pyrrole nitrogens is 1. The predicted octanol–water partition coefficient (Wildman–Crippen LogP) is -1.26. The van der Waals surface area contributed by atoms with Crippen molar-refractivity contribution in [2.45, 2.75) is 6.54 Å². The highest BCUT2D eigenvalue weighted by molar-refractivity contribution is 5.77. The molecule has 0 bridgehead atoms. The minimum absolute atomic E-state index is 0.0729. The molecule has 13 heavy (non-hydrogen) atoms. The van der Waals surface area contributed by atoms with Crippen LogP contribution in [0.25, 0.3) is 0 Å². The molecule has 0 spiro atoms. The number of nitrogens with zero attached hydrogens (tertiary/aromatic N) is 1. The third kappa shape index (κ3) is 0.986. The molecule has 0 atom stereocenters.